The summed E-state index contributed by atoms with van der Waals surface area (Å²) < 4.78 is 0. The summed E-state index contributed by atoms with van der Waals surface area (Å²) in [5, 5.41) is 10.3. The number of phenols is 1. The molecule has 1 nitrogen and oxygen atoms in total. The van der Waals surface area contributed by atoms with Crippen LogP contribution in [0.5, 0.6) is 5.75 Å². The molecular weight excluding hydrogens is 208 g/mol. The second-order valence-electron chi connectivity index (χ2n) is 5.81. The summed E-state index contributed by atoms with van der Waals surface area (Å²) >= 11 is 0. The Balaban J connectivity index is 3.11. The van der Waals surface area contributed by atoms with Gasteiger partial charge in [-0.2, -0.15) is 0 Å². The van der Waals surface area contributed by atoms with Crippen LogP contribution in [0, 0.1) is 11.8 Å². The molecule has 0 saturated carbocycles. The number of aryl methyl sites for hydroxylation is 1. The molecule has 0 fully saturated rings. The number of rotatable bonds is 5. The summed E-state index contributed by atoms with van der Waals surface area (Å²) in [6.07, 6.45) is 2.96. The maximum absolute atomic E-state index is 10.3. The maximum Gasteiger partial charge on any atom is 0.121 e. The summed E-state index contributed by atoms with van der Waals surface area (Å²) in [6.45, 7) is 10.9. The molecule has 0 radical (unpaired) electrons. The maximum atomic E-state index is 10.3. The van der Waals surface area contributed by atoms with Crippen molar-refractivity contribution in [3.05, 3.63) is 28.8 Å². The van der Waals surface area contributed by atoms with E-state index >= 15 is 0 Å². The average Bonchev–Trinajstić information content (AvgIpc) is 2.22. The fraction of sp³-hybridized carbons (Fsp3) is 0.625. The number of hydrogen-bond acceptors (Lipinski definition) is 1. The molecule has 0 unspecified atom stereocenters. The van der Waals surface area contributed by atoms with Gasteiger partial charge in [-0.1, -0.05) is 46.8 Å². The van der Waals surface area contributed by atoms with E-state index in [0.717, 1.165) is 30.4 Å². The van der Waals surface area contributed by atoms with Gasteiger partial charge in [0, 0.05) is 0 Å². The molecule has 1 aromatic carbocycles. The second kappa shape index (κ2) is 6.09. The number of hydrogen-bond donors (Lipinski definition) is 1. The van der Waals surface area contributed by atoms with Crippen molar-refractivity contribution in [1.29, 1.82) is 0 Å². The molecule has 17 heavy (non-hydrogen) atoms. The Morgan fingerprint density at radius 3 is 1.65 bits per heavy atom. The van der Waals surface area contributed by atoms with Gasteiger partial charge in [-0.15, -0.1) is 0 Å². The molecular formula is C16H26O. The molecule has 0 aliphatic heterocycles. The number of phenolic OH excluding ortho intramolecular Hbond substituents is 1. The first-order chi connectivity index (χ1) is 7.93. The van der Waals surface area contributed by atoms with Gasteiger partial charge in [-0.25, -0.2) is 0 Å². The van der Waals surface area contributed by atoms with E-state index in [0.29, 0.717) is 17.6 Å². The molecule has 0 atom stereocenters. The monoisotopic (exact) mass is 234 g/mol. The van der Waals surface area contributed by atoms with Gasteiger partial charge in [0.25, 0.3) is 0 Å². The Morgan fingerprint density at radius 2 is 1.35 bits per heavy atom. The van der Waals surface area contributed by atoms with E-state index in [4.69, 9.17) is 0 Å². The Kier molecular flexibility index (Phi) is 5.04. The van der Waals surface area contributed by atoms with Gasteiger partial charge in [-0.3, -0.25) is 0 Å². The zero-order valence-corrected chi connectivity index (χ0v) is 11.9. The van der Waals surface area contributed by atoms with Crippen molar-refractivity contribution in [2.24, 2.45) is 11.8 Å². The van der Waals surface area contributed by atoms with Crippen molar-refractivity contribution in [3.63, 3.8) is 0 Å². The number of benzene rings is 1. The number of aromatic hydroxyl groups is 1. The first-order valence-electron chi connectivity index (χ1n) is 6.77. The third kappa shape index (κ3) is 4.07. The zero-order valence-electron chi connectivity index (χ0n) is 11.9. The van der Waals surface area contributed by atoms with Crippen LogP contribution < -0.4 is 0 Å². The van der Waals surface area contributed by atoms with Crippen LogP contribution in [0.1, 0.15) is 51.3 Å². The van der Waals surface area contributed by atoms with Crippen molar-refractivity contribution in [3.8, 4) is 5.75 Å². The lowest BCUT2D eigenvalue weighted by Crippen LogP contribution is -2.01. The fourth-order valence-electron chi connectivity index (χ4n) is 2.23. The van der Waals surface area contributed by atoms with Crippen molar-refractivity contribution >= 4 is 0 Å². The van der Waals surface area contributed by atoms with Gasteiger partial charge in [0.05, 0.1) is 0 Å². The highest BCUT2D eigenvalue weighted by Gasteiger charge is 2.12. The largest absolute Gasteiger partial charge is 0.507 e. The summed E-state index contributed by atoms with van der Waals surface area (Å²) in [6, 6.07) is 4.33. The first-order valence-corrected chi connectivity index (χ1v) is 6.77. The van der Waals surface area contributed by atoms with Gasteiger partial charge in [0.2, 0.25) is 0 Å². The molecule has 1 aromatic rings. The molecule has 0 aliphatic carbocycles. The van der Waals surface area contributed by atoms with Gasteiger partial charge in [0.1, 0.15) is 5.75 Å². The Labute approximate surface area is 106 Å². The fourth-order valence-corrected chi connectivity index (χ4v) is 2.23. The van der Waals surface area contributed by atoms with Crippen LogP contribution in [-0.2, 0) is 19.3 Å². The summed E-state index contributed by atoms with van der Waals surface area (Å²) in [7, 11) is 0. The van der Waals surface area contributed by atoms with Crippen molar-refractivity contribution in [1.82, 2.24) is 0 Å². The van der Waals surface area contributed by atoms with Crippen molar-refractivity contribution in [2.45, 2.75) is 53.9 Å². The topological polar surface area (TPSA) is 20.2 Å². The lowest BCUT2D eigenvalue weighted by molar-refractivity contribution is 0.450. The highest BCUT2D eigenvalue weighted by Crippen LogP contribution is 2.29. The molecule has 1 N–H and O–H groups in total. The Bertz CT molecular complexity index is 333. The van der Waals surface area contributed by atoms with Crippen LogP contribution >= 0.6 is 0 Å². The van der Waals surface area contributed by atoms with Crippen molar-refractivity contribution < 1.29 is 5.11 Å². The van der Waals surface area contributed by atoms with Gasteiger partial charge in [0.15, 0.2) is 0 Å². The third-order valence-corrected chi connectivity index (χ3v) is 2.99. The minimum atomic E-state index is 0.532. The SMILES string of the molecule is CCc1cc(CC(C)C)c(O)c(CC(C)C)c1. The van der Waals surface area contributed by atoms with E-state index in [1.165, 1.54) is 5.56 Å². The van der Waals surface area contributed by atoms with Gasteiger partial charge >= 0.3 is 0 Å². The molecule has 1 rings (SSSR count). The van der Waals surface area contributed by atoms with E-state index in [2.05, 4.69) is 46.8 Å². The quantitative estimate of drug-likeness (QED) is 0.803. The molecule has 0 heterocycles. The standard InChI is InChI=1S/C16H26O/c1-6-13-9-14(7-11(2)3)16(17)15(10-13)8-12(4)5/h9-12,17H,6-8H2,1-5H3. The van der Waals surface area contributed by atoms with E-state index in [9.17, 15) is 5.11 Å². The Morgan fingerprint density at radius 1 is 0.941 bits per heavy atom. The zero-order chi connectivity index (χ0) is 13.0. The van der Waals surface area contributed by atoms with E-state index in [1.807, 2.05) is 0 Å². The van der Waals surface area contributed by atoms with Crippen LogP contribution in [0.4, 0.5) is 0 Å². The van der Waals surface area contributed by atoms with Crippen LogP contribution in [0.15, 0.2) is 12.1 Å². The molecule has 1 heteroatoms. The minimum absolute atomic E-state index is 0.532. The van der Waals surface area contributed by atoms with Crippen LogP contribution in [0.3, 0.4) is 0 Å². The van der Waals surface area contributed by atoms with Gasteiger partial charge in [-0.05, 0) is 47.8 Å². The highest BCUT2D eigenvalue weighted by molar-refractivity contribution is 5.44. The van der Waals surface area contributed by atoms with Crippen molar-refractivity contribution in [2.75, 3.05) is 0 Å². The third-order valence-electron chi connectivity index (χ3n) is 2.99. The summed E-state index contributed by atoms with van der Waals surface area (Å²) in [4.78, 5) is 0. The Hall–Kier alpha value is -0.980. The van der Waals surface area contributed by atoms with E-state index < -0.39 is 0 Å². The lowest BCUT2D eigenvalue weighted by atomic mass is 9.92. The van der Waals surface area contributed by atoms with Gasteiger partial charge < -0.3 is 5.11 Å². The molecule has 0 aromatic heterocycles. The van der Waals surface area contributed by atoms with E-state index in [1.54, 1.807) is 0 Å². The second-order valence-corrected chi connectivity index (χ2v) is 5.81. The van der Waals surface area contributed by atoms with E-state index in [-0.39, 0.29) is 0 Å². The lowest BCUT2D eigenvalue weighted by Gasteiger charge is -2.15. The predicted octanol–water partition coefficient (Wildman–Crippen LogP) is 4.35. The molecule has 0 spiro atoms. The molecule has 0 bridgehead atoms. The molecule has 0 saturated heterocycles. The summed E-state index contributed by atoms with van der Waals surface area (Å²) in [5.74, 6) is 1.70. The van der Waals surface area contributed by atoms with Crippen LogP contribution in [-0.4, -0.2) is 5.11 Å². The predicted molar refractivity (Wildman–Crippen MR) is 74.6 cm³/mol. The van der Waals surface area contributed by atoms with Crippen LogP contribution in [0.2, 0.25) is 0 Å². The average molecular weight is 234 g/mol. The summed E-state index contributed by atoms with van der Waals surface area (Å²) in [5.41, 5.74) is 3.58. The molecule has 0 aliphatic rings. The highest BCUT2D eigenvalue weighted by atomic mass is 16.3. The molecule has 0 amide bonds. The first kappa shape index (κ1) is 14.1. The molecule has 96 valence electrons. The minimum Gasteiger partial charge on any atom is -0.507 e. The van der Waals surface area contributed by atoms with Crippen LogP contribution in [0.25, 0.3) is 0 Å². The smallest absolute Gasteiger partial charge is 0.121 e. The normalized spacial score (nSPS) is 11.5.